The van der Waals surface area contributed by atoms with E-state index in [4.69, 9.17) is 14.7 Å². The van der Waals surface area contributed by atoms with Gasteiger partial charge < -0.3 is 9.47 Å². The van der Waals surface area contributed by atoms with E-state index in [1.807, 2.05) is 6.07 Å². The van der Waals surface area contributed by atoms with Crippen LogP contribution in [-0.4, -0.2) is 24.7 Å². The van der Waals surface area contributed by atoms with Crippen LogP contribution in [0.5, 0.6) is 5.88 Å². The minimum Gasteiger partial charge on any atom is -0.480 e. The summed E-state index contributed by atoms with van der Waals surface area (Å²) in [6, 6.07) is 3.28. The van der Waals surface area contributed by atoms with Gasteiger partial charge in [-0.3, -0.25) is 0 Å². The number of nitriles is 1. The lowest BCUT2D eigenvalue weighted by molar-refractivity contribution is 0.0526. The molecule has 0 fully saturated rings. The maximum Gasteiger partial charge on any atom is 0.339 e. The zero-order chi connectivity index (χ0) is 11.3. The van der Waals surface area contributed by atoms with Crippen LogP contribution in [0.15, 0.2) is 12.3 Å². The minimum atomic E-state index is -0.496. The van der Waals surface area contributed by atoms with E-state index in [1.165, 1.54) is 19.4 Å². The van der Waals surface area contributed by atoms with E-state index in [0.717, 1.165) is 0 Å². The van der Waals surface area contributed by atoms with Crippen LogP contribution in [0, 0.1) is 11.3 Å². The SMILES string of the molecule is CCOC(=O)c1cnc(OC)c(C#N)c1. The maximum absolute atomic E-state index is 11.3. The van der Waals surface area contributed by atoms with Crippen LogP contribution >= 0.6 is 0 Å². The van der Waals surface area contributed by atoms with Crippen molar-refractivity contribution in [3.05, 3.63) is 23.4 Å². The van der Waals surface area contributed by atoms with Crippen molar-refractivity contribution < 1.29 is 14.3 Å². The summed E-state index contributed by atoms with van der Waals surface area (Å²) >= 11 is 0. The predicted octanol–water partition coefficient (Wildman–Crippen LogP) is 1.14. The molecule has 1 rings (SSSR count). The number of methoxy groups -OCH3 is 1. The molecule has 5 heteroatoms. The second-order valence-corrected chi connectivity index (χ2v) is 2.61. The number of hydrogen-bond donors (Lipinski definition) is 0. The third-order valence-corrected chi connectivity index (χ3v) is 1.68. The Morgan fingerprint density at radius 2 is 2.40 bits per heavy atom. The van der Waals surface area contributed by atoms with E-state index >= 15 is 0 Å². The Bertz CT molecular complexity index is 410. The number of pyridine rings is 1. The molecule has 0 saturated heterocycles. The molecule has 0 unspecified atom stereocenters. The van der Waals surface area contributed by atoms with Crippen LogP contribution in [-0.2, 0) is 4.74 Å². The van der Waals surface area contributed by atoms with Crippen LogP contribution in [0.1, 0.15) is 22.8 Å². The number of carbonyl (C=O) groups is 1. The molecule has 0 bridgehead atoms. The third kappa shape index (κ3) is 2.44. The summed E-state index contributed by atoms with van der Waals surface area (Å²) in [5.74, 6) is -0.297. The molecular formula is C10H10N2O3. The number of nitrogens with zero attached hydrogens (tertiary/aromatic N) is 2. The molecule has 0 aliphatic rings. The van der Waals surface area contributed by atoms with E-state index < -0.39 is 5.97 Å². The molecule has 0 aliphatic heterocycles. The molecule has 0 N–H and O–H groups in total. The Morgan fingerprint density at radius 1 is 1.67 bits per heavy atom. The van der Waals surface area contributed by atoms with E-state index in [0.29, 0.717) is 0 Å². The highest BCUT2D eigenvalue weighted by Gasteiger charge is 2.11. The van der Waals surface area contributed by atoms with Gasteiger partial charge in [-0.1, -0.05) is 0 Å². The van der Waals surface area contributed by atoms with Crippen LogP contribution in [0.3, 0.4) is 0 Å². The largest absolute Gasteiger partial charge is 0.480 e. The summed E-state index contributed by atoms with van der Waals surface area (Å²) in [5, 5.41) is 8.76. The summed E-state index contributed by atoms with van der Waals surface area (Å²) in [6.07, 6.45) is 1.32. The number of esters is 1. The maximum atomic E-state index is 11.3. The monoisotopic (exact) mass is 206 g/mol. The first kappa shape index (κ1) is 11.0. The number of carbonyl (C=O) groups excluding carboxylic acids is 1. The Kier molecular flexibility index (Phi) is 3.63. The topological polar surface area (TPSA) is 72.2 Å². The first-order valence-electron chi connectivity index (χ1n) is 4.34. The van der Waals surface area contributed by atoms with Gasteiger partial charge in [0, 0.05) is 6.20 Å². The molecule has 1 heterocycles. The van der Waals surface area contributed by atoms with Crippen LogP contribution < -0.4 is 4.74 Å². The average molecular weight is 206 g/mol. The Hall–Kier alpha value is -2.09. The van der Waals surface area contributed by atoms with Crippen molar-refractivity contribution in [3.8, 4) is 11.9 Å². The van der Waals surface area contributed by atoms with E-state index in [1.54, 1.807) is 6.92 Å². The Morgan fingerprint density at radius 3 is 2.93 bits per heavy atom. The molecule has 0 atom stereocenters. The number of aromatic nitrogens is 1. The first-order chi connectivity index (χ1) is 7.22. The lowest BCUT2D eigenvalue weighted by atomic mass is 10.2. The number of rotatable bonds is 3. The van der Waals surface area contributed by atoms with Gasteiger partial charge in [-0.2, -0.15) is 5.26 Å². The average Bonchev–Trinajstić information content (AvgIpc) is 2.28. The molecule has 0 aliphatic carbocycles. The molecule has 0 radical (unpaired) electrons. The molecule has 0 saturated carbocycles. The predicted molar refractivity (Wildman–Crippen MR) is 51.5 cm³/mol. The van der Waals surface area contributed by atoms with Crippen LogP contribution in [0.2, 0.25) is 0 Å². The van der Waals surface area contributed by atoms with Gasteiger partial charge in [-0.25, -0.2) is 9.78 Å². The fourth-order valence-electron chi connectivity index (χ4n) is 1.02. The molecule has 15 heavy (non-hydrogen) atoms. The van der Waals surface area contributed by atoms with Gasteiger partial charge >= 0.3 is 5.97 Å². The van der Waals surface area contributed by atoms with Gasteiger partial charge in [-0.15, -0.1) is 0 Å². The lowest BCUT2D eigenvalue weighted by Gasteiger charge is -2.04. The van der Waals surface area contributed by atoms with Gasteiger partial charge in [0.15, 0.2) is 0 Å². The standard InChI is InChI=1S/C10H10N2O3/c1-3-15-10(13)8-4-7(5-11)9(14-2)12-6-8/h4,6H,3H2,1-2H3. The summed E-state index contributed by atoms with van der Waals surface area (Å²) < 4.78 is 9.62. The van der Waals surface area contributed by atoms with Crippen molar-refractivity contribution in [2.24, 2.45) is 0 Å². The summed E-state index contributed by atoms with van der Waals surface area (Å²) in [4.78, 5) is 15.1. The minimum absolute atomic E-state index is 0.200. The summed E-state index contributed by atoms with van der Waals surface area (Å²) in [5.41, 5.74) is 0.456. The van der Waals surface area contributed by atoms with Gasteiger partial charge in [0.05, 0.1) is 19.3 Å². The van der Waals surface area contributed by atoms with Crippen molar-refractivity contribution in [2.45, 2.75) is 6.92 Å². The highest BCUT2D eigenvalue weighted by molar-refractivity contribution is 5.89. The molecular weight excluding hydrogens is 196 g/mol. The third-order valence-electron chi connectivity index (χ3n) is 1.68. The summed E-state index contributed by atoms with van der Waals surface area (Å²) in [7, 11) is 1.41. The quantitative estimate of drug-likeness (QED) is 0.693. The highest BCUT2D eigenvalue weighted by atomic mass is 16.5. The second-order valence-electron chi connectivity index (χ2n) is 2.61. The highest BCUT2D eigenvalue weighted by Crippen LogP contribution is 2.15. The van der Waals surface area contributed by atoms with Gasteiger partial charge in [0.25, 0.3) is 0 Å². The number of ether oxygens (including phenoxy) is 2. The smallest absolute Gasteiger partial charge is 0.339 e. The molecule has 0 spiro atoms. The molecule has 1 aromatic rings. The van der Waals surface area contributed by atoms with Crippen molar-refractivity contribution in [1.29, 1.82) is 5.26 Å². The first-order valence-corrected chi connectivity index (χ1v) is 4.34. The fraction of sp³-hybridized carbons (Fsp3) is 0.300. The van der Waals surface area contributed by atoms with Gasteiger partial charge in [0.2, 0.25) is 5.88 Å². The van der Waals surface area contributed by atoms with E-state index in [9.17, 15) is 4.79 Å². The van der Waals surface area contributed by atoms with Gasteiger partial charge in [-0.05, 0) is 13.0 Å². The van der Waals surface area contributed by atoms with Crippen molar-refractivity contribution in [1.82, 2.24) is 4.98 Å². The van der Waals surface area contributed by atoms with Crippen LogP contribution in [0.4, 0.5) is 0 Å². The summed E-state index contributed by atoms with van der Waals surface area (Å²) in [6.45, 7) is 1.99. The van der Waals surface area contributed by atoms with Crippen molar-refractivity contribution >= 4 is 5.97 Å². The Balaban J connectivity index is 3.04. The van der Waals surface area contributed by atoms with E-state index in [-0.39, 0.29) is 23.6 Å². The fourth-order valence-corrected chi connectivity index (χ4v) is 1.02. The zero-order valence-electron chi connectivity index (χ0n) is 8.48. The van der Waals surface area contributed by atoms with Crippen LogP contribution in [0.25, 0.3) is 0 Å². The molecule has 5 nitrogen and oxygen atoms in total. The van der Waals surface area contributed by atoms with Crippen molar-refractivity contribution in [3.63, 3.8) is 0 Å². The molecule has 78 valence electrons. The normalized spacial score (nSPS) is 9.13. The van der Waals surface area contributed by atoms with E-state index in [2.05, 4.69) is 4.98 Å². The van der Waals surface area contributed by atoms with Crippen molar-refractivity contribution in [2.75, 3.05) is 13.7 Å². The Labute approximate surface area is 87.3 Å². The zero-order valence-corrected chi connectivity index (χ0v) is 8.48. The molecule has 0 amide bonds. The second kappa shape index (κ2) is 4.96. The lowest BCUT2D eigenvalue weighted by Crippen LogP contribution is -2.06. The van der Waals surface area contributed by atoms with Gasteiger partial charge in [0.1, 0.15) is 11.6 Å². The number of hydrogen-bond acceptors (Lipinski definition) is 5. The molecule has 0 aromatic carbocycles. The molecule has 1 aromatic heterocycles.